The van der Waals surface area contributed by atoms with Crippen LogP contribution in [0.3, 0.4) is 0 Å². The quantitative estimate of drug-likeness (QED) is 0.540. The van der Waals surface area contributed by atoms with E-state index in [0.29, 0.717) is 16.8 Å². The molecule has 0 heterocycles. The summed E-state index contributed by atoms with van der Waals surface area (Å²) in [5.74, 6) is -0.449. The molecule has 0 aromatic heterocycles. The number of aryl methyl sites for hydroxylation is 1. The highest BCUT2D eigenvalue weighted by atomic mass is 16.3. The van der Waals surface area contributed by atoms with E-state index in [0.717, 1.165) is 18.2 Å². The highest BCUT2D eigenvalue weighted by Crippen LogP contribution is 2.14. The molecule has 2 aromatic carbocycles. The summed E-state index contributed by atoms with van der Waals surface area (Å²) in [5.41, 5.74) is 3.49. The summed E-state index contributed by atoms with van der Waals surface area (Å²) in [7, 11) is 2.48. The molecule has 0 saturated heterocycles. The van der Waals surface area contributed by atoms with Crippen LogP contribution in [0.4, 0.5) is 0 Å². The van der Waals surface area contributed by atoms with Gasteiger partial charge in [0.2, 0.25) is 0 Å². The van der Waals surface area contributed by atoms with E-state index in [1.807, 2.05) is 43.3 Å². The summed E-state index contributed by atoms with van der Waals surface area (Å²) < 4.78 is 0. The van der Waals surface area contributed by atoms with Crippen LogP contribution in [-0.4, -0.2) is 41.7 Å². The van der Waals surface area contributed by atoms with E-state index in [9.17, 15) is 9.90 Å². The lowest BCUT2D eigenvalue weighted by Gasteiger charge is -2.10. The topological polar surface area (TPSA) is 117 Å². The van der Waals surface area contributed by atoms with Crippen LogP contribution in [0.15, 0.2) is 48.5 Å². The van der Waals surface area contributed by atoms with Crippen molar-refractivity contribution in [1.82, 2.24) is 5.32 Å². The lowest BCUT2D eigenvalue weighted by molar-refractivity contribution is -0.114. The molecule has 0 bridgehead atoms. The third-order valence-corrected chi connectivity index (χ3v) is 3.50. The summed E-state index contributed by atoms with van der Waals surface area (Å²) in [6, 6.07) is 15.0. The molecular weight excluding hydrogens is 330 g/mol. The third-order valence-electron chi connectivity index (χ3n) is 3.50. The second-order valence-electron chi connectivity index (χ2n) is 5.20. The van der Waals surface area contributed by atoms with Crippen molar-refractivity contribution < 1.29 is 15.0 Å². The predicted octanol–water partition coefficient (Wildman–Crippen LogP) is 2.28. The predicted molar refractivity (Wildman–Crippen MR) is 105 cm³/mol. The molecular formula is C20H27N3O3. The number of nitrogens with one attached hydrogen (secondary N) is 3. The van der Waals surface area contributed by atoms with Gasteiger partial charge in [0, 0.05) is 25.4 Å². The smallest absolute Gasteiger partial charge is 0.269 e. The first-order valence-electron chi connectivity index (χ1n) is 7.98. The number of carbonyl (C=O) groups is 1. The zero-order valence-corrected chi connectivity index (χ0v) is 15.6. The number of aliphatic hydroxyl groups excluding tert-OH is 2. The van der Waals surface area contributed by atoms with Crippen LogP contribution in [0.1, 0.15) is 29.2 Å². The van der Waals surface area contributed by atoms with E-state index in [4.69, 9.17) is 15.9 Å². The molecule has 0 unspecified atom stereocenters. The molecule has 0 atom stereocenters. The maximum Gasteiger partial charge on any atom is 0.269 e. The lowest BCUT2D eigenvalue weighted by Crippen LogP contribution is -2.28. The first kappa shape index (κ1) is 23.2. The molecule has 0 aliphatic rings. The molecule has 5 N–H and O–H groups in total. The standard InChI is InChI=1S/C11H14N2O2.C8H9N.CH4O/c1-7-4-3-5-8(9(7)6-14)10(12)11(15)13-2;1-7(9)8-5-3-2-4-6-8;1-2/h3-5,12,14H,6H2,1-2H3,(H,13,15);2-6,9H,1H3;2H,1H3. The van der Waals surface area contributed by atoms with Crippen LogP contribution in [0.5, 0.6) is 0 Å². The second kappa shape index (κ2) is 12.5. The van der Waals surface area contributed by atoms with Gasteiger partial charge in [0.05, 0.1) is 6.61 Å². The molecule has 0 fully saturated rings. The molecule has 6 nitrogen and oxygen atoms in total. The Labute approximate surface area is 154 Å². The van der Waals surface area contributed by atoms with Crippen molar-refractivity contribution in [2.75, 3.05) is 14.2 Å². The van der Waals surface area contributed by atoms with Crippen LogP contribution in [-0.2, 0) is 11.4 Å². The summed E-state index contributed by atoms with van der Waals surface area (Å²) in [6.07, 6.45) is 0. The summed E-state index contributed by atoms with van der Waals surface area (Å²) >= 11 is 0. The van der Waals surface area contributed by atoms with Crippen LogP contribution in [0.25, 0.3) is 0 Å². The Balaban J connectivity index is 0.000000484. The fraction of sp³-hybridized carbons (Fsp3) is 0.250. The average molecular weight is 357 g/mol. The Morgan fingerprint density at radius 3 is 2.04 bits per heavy atom. The minimum Gasteiger partial charge on any atom is -0.400 e. The number of benzene rings is 2. The van der Waals surface area contributed by atoms with Crippen LogP contribution < -0.4 is 5.32 Å². The number of rotatable bonds is 4. The van der Waals surface area contributed by atoms with Gasteiger partial charge >= 0.3 is 0 Å². The number of hydrogen-bond acceptors (Lipinski definition) is 5. The lowest BCUT2D eigenvalue weighted by atomic mass is 9.98. The van der Waals surface area contributed by atoms with Crippen molar-refractivity contribution in [3.8, 4) is 0 Å². The fourth-order valence-corrected chi connectivity index (χ4v) is 2.08. The number of aliphatic hydroxyl groups is 2. The minimum absolute atomic E-state index is 0.120. The largest absolute Gasteiger partial charge is 0.400 e. The molecule has 0 aliphatic carbocycles. The van der Waals surface area contributed by atoms with E-state index in [1.165, 1.54) is 7.05 Å². The molecule has 1 amide bonds. The van der Waals surface area contributed by atoms with Crippen molar-refractivity contribution in [1.29, 1.82) is 10.8 Å². The van der Waals surface area contributed by atoms with E-state index >= 15 is 0 Å². The van der Waals surface area contributed by atoms with Crippen molar-refractivity contribution >= 4 is 17.3 Å². The Kier molecular flexibility index (Phi) is 11.2. The minimum atomic E-state index is -0.449. The zero-order chi connectivity index (χ0) is 20.1. The van der Waals surface area contributed by atoms with E-state index in [2.05, 4.69) is 5.32 Å². The molecule has 0 aliphatic heterocycles. The van der Waals surface area contributed by atoms with Crippen LogP contribution in [0, 0.1) is 17.7 Å². The summed E-state index contributed by atoms with van der Waals surface area (Å²) in [4.78, 5) is 11.3. The molecule has 26 heavy (non-hydrogen) atoms. The molecule has 6 heteroatoms. The van der Waals surface area contributed by atoms with Crippen molar-refractivity contribution in [2.24, 2.45) is 0 Å². The number of carbonyl (C=O) groups excluding carboxylic acids is 1. The Bertz CT molecular complexity index is 728. The van der Waals surface area contributed by atoms with Crippen molar-refractivity contribution in [3.05, 3.63) is 70.8 Å². The van der Waals surface area contributed by atoms with Crippen LogP contribution >= 0.6 is 0 Å². The van der Waals surface area contributed by atoms with Gasteiger partial charge in [-0.15, -0.1) is 0 Å². The molecule has 140 valence electrons. The molecule has 0 spiro atoms. The SMILES string of the molecule is CC(=N)c1ccccc1.CNC(=O)C(=N)c1cccc(C)c1CO.CO. The first-order valence-corrected chi connectivity index (χ1v) is 7.98. The Hall–Kier alpha value is -2.83. The highest BCUT2D eigenvalue weighted by molar-refractivity contribution is 6.44. The molecule has 0 saturated carbocycles. The monoisotopic (exact) mass is 357 g/mol. The van der Waals surface area contributed by atoms with Crippen molar-refractivity contribution in [3.63, 3.8) is 0 Å². The van der Waals surface area contributed by atoms with Gasteiger partial charge in [0.15, 0.2) is 0 Å². The highest BCUT2D eigenvalue weighted by Gasteiger charge is 2.14. The van der Waals surface area contributed by atoms with Gasteiger partial charge in [0.1, 0.15) is 5.71 Å². The normalized spacial score (nSPS) is 9.00. The molecule has 2 aromatic rings. The van der Waals surface area contributed by atoms with E-state index < -0.39 is 5.91 Å². The number of hydrogen-bond donors (Lipinski definition) is 5. The maximum atomic E-state index is 11.3. The molecule has 0 radical (unpaired) electrons. The van der Waals surface area contributed by atoms with Gasteiger partial charge in [-0.3, -0.25) is 10.2 Å². The second-order valence-corrected chi connectivity index (χ2v) is 5.20. The van der Waals surface area contributed by atoms with Crippen LogP contribution in [0.2, 0.25) is 0 Å². The Morgan fingerprint density at radius 1 is 1.04 bits per heavy atom. The van der Waals surface area contributed by atoms with Gasteiger partial charge < -0.3 is 20.9 Å². The van der Waals surface area contributed by atoms with E-state index in [1.54, 1.807) is 19.1 Å². The summed E-state index contributed by atoms with van der Waals surface area (Å²) in [6.45, 7) is 3.46. The van der Waals surface area contributed by atoms with Gasteiger partial charge in [-0.2, -0.15) is 0 Å². The zero-order valence-electron chi connectivity index (χ0n) is 15.6. The number of likely N-dealkylation sites (N-methyl/N-ethyl adjacent to an activating group) is 1. The Morgan fingerprint density at radius 2 is 1.62 bits per heavy atom. The van der Waals surface area contributed by atoms with Gasteiger partial charge in [-0.1, -0.05) is 48.5 Å². The van der Waals surface area contributed by atoms with Crippen molar-refractivity contribution in [2.45, 2.75) is 20.5 Å². The van der Waals surface area contributed by atoms with E-state index in [-0.39, 0.29) is 12.3 Å². The third kappa shape index (κ3) is 6.96. The first-order chi connectivity index (χ1) is 12.4. The molecule has 2 rings (SSSR count). The fourth-order valence-electron chi connectivity index (χ4n) is 2.08. The maximum absolute atomic E-state index is 11.3. The number of amides is 1. The summed E-state index contributed by atoms with van der Waals surface area (Å²) in [5, 5.41) is 33.5. The van der Waals surface area contributed by atoms with Gasteiger partial charge in [-0.25, -0.2) is 0 Å². The van der Waals surface area contributed by atoms with Gasteiger partial charge in [0.25, 0.3) is 5.91 Å². The van der Waals surface area contributed by atoms with Gasteiger partial charge in [-0.05, 0) is 30.5 Å². The average Bonchev–Trinajstić information content (AvgIpc) is 2.69.